The van der Waals surface area contributed by atoms with Crippen LogP contribution in [0.15, 0.2) is 46.0 Å². The van der Waals surface area contributed by atoms with Gasteiger partial charge in [0.05, 0.1) is 22.9 Å². The van der Waals surface area contributed by atoms with E-state index in [4.69, 9.17) is 4.55 Å². The first-order chi connectivity index (χ1) is 13.2. The van der Waals surface area contributed by atoms with Crippen molar-refractivity contribution in [3.8, 4) is 0 Å². The van der Waals surface area contributed by atoms with E-state index < -0.39 is 47.0 Å². The smallest absolute Gasteiger partial charge is 0.286 e. The van der Waals surface area contributed by atoms with Gasteiger partial charge in [0.25, 0.3) is 25.8 Å². The molecule has 1 aliphatic rings. The molecule has 0 amide bonds. The molecule has 3 rings (SSSR count). The Labute approximate surface area is 174 Å². The van der Waals surface area contributed by atoms with Crippen molar-refractivity contribution in [2.45, 2.75) is 17.4 Å². The molecular weight excluding hydrogens is 497 g/mol. The molecule has 0 spiro atoms. The second kappa shape index (κ2) is 8.02. The topological polar surface area (TPSA) is 148 Å². The van der Waals surface area contributed by atoms with Crippen LogP contribution in [0.4, 0.5) is 10.1 Å². The van der Waals surface area contributed by atoms with E-state index in [0.29, 0.717) is 10.9 Å². The van der Waals surface area contributed by atoms with Crippen LogP contribution in [0, 0.1) is 15.9 Å². The molecule has 1 saturated heterocycles. The zero-order valence-corrected chi connectivity index (χ0v) is 18.2. The van der Waals surface area contributed by atoms with Crippen molar-refractivity contribution < 1.29 is 30.7 Å². The van der Waals surface area contributed by atoms with Crippen LogP contribution in [-0.4, -0.2) is 48.4 Å². The molecule has 0 saturated carbocycles. The summed E-state index contributed by atoms with van der Waals surface area (Å²) >= 11 is 3.13. The molecule has 0 bridgehead atoms. The van der Waals surface area contributed by atoms with Gasteiger partial charge in [-0.2, -0.15) is 12.7 Å². The van der Waals surface area contributed by atoms with Crippen molar-refractivity contribution in [1.29, 1.82) is 0 Å². The van der Waals surface area contributed by atoms with Crippen LogP contribution < -0.4 is 0 Å². The van der Waals surface area contributed by atoms with Crippen molar-refractivity contribution >= 4 is 41.8 Å². The molecule has 1 aromatic heterocycles. The molecule has 1 aliphatic heterocycles. The van der Waals surface area contributed by atoms with Gasteiger partial charge in [-0.15, -0.1) is 0 Å². The standard InChI is InChI=1S/C14H11BrFN3O4S.CH4O3S/c1-14(9-6-13(15)17-7-10(9)16)8-18(14)24(22,23)12-5-3-2-4-11(12)19(20)21;1-5(2,3)4/h2-7H,8H2,1H3;1H3,(H,2,3,4). The van der Waals surface area contributed by atoms with Gasteiger partial charge in [0.15, 0.2) is 4.90 Å². The molecule has 2 aromatic rings. The summed E-state index contributed by atoms with van der Waals surface area (Å²) in [5.74, 6) is -0.638. The molecule has 1 N–H and O–H groups in total. The lowest BCUT2D eigenvalue weighted by Gasteiger charge is -2.14. The maximum absolute atomic E-state index is 14.1. The van der Waals surface area contributed by atoms with Crippen molar-refractivity contribution in [2.75, 3.05) is 12.8 Å². The zero-order valence-electron chi connectivity index (χ0n) is 15.0. The van der Waals surface area contributed by atoms with Crippen LogP contribution >= 0.6 is 15.9 Å². The predicted molar refractivity (Wildman–Crippen MR) is 104 cm³/mol. The summed E-state index contributed by atoms with van der Waals surface area (Å²) in [6.45, 7) is 1.58. The molecule has 2 unspecified atom stereocenters. The molecular formula is C15H15BrFN3O7S2. The first kappa shape index (κ1) is 23.3. The number of aromatic nitrogens is 1. The maximum Gasteiger partial charge on any atom is 0.289 e. The number of para-hydroxylation sites is 1. The van der Waals surface area contributed by atoms with Gasteiger partial charge in [-0.05, 0) is 35.0 Å². The number of nitrogens with zero attached hydrogens (tertiary/aromatic N) is 3. The van der Waals surface area contributed by atoms with E-state index in [9.17, 15) is 31.3 Å². The van der Waals surface area contributed by atoms with E-state index >= 15 is 0 Å². The van der Waals surface area contributed by atoms with Gasteiger partial charge in [0, 0.05) is 18.2 Å². The van der Waals surface area contributed by atoms with Gasteiger partial charge in [0.1, 0.15) is 10.4 Å². The highest BCUT2D eigenvalue weighted by molar-refractivity contribution is 9.10. The number of rotatable bonds is 4. The highest BCUT2D eigenvalue weighted by Gasteiger charge is 2.58. The quantitative estimate of drug-likeness (QED) is 0.216. The second-order valence-corrected chi connectivity index (χ2v) is 10.3. The fourth-order valence-electron chi connectivity index (χ4n) is 2.58. The summed E-state index contributed by atoms with van der Waals surface area (Å²) in [6, 6.07) is 6.50. The van der Waals surface area contributed by atoms with Crippen molar-refractivity contribution in [3.05, 3.63) is 62.6 Å². The second-order valence-electron chi connectivity index (χ2n) is 6.23. The Morgan fingerprint density at radius 3 is 2.41 bits per heavy atom. The minimum atomic E-state index is -4.14. The molecule has 10 nitrogen and oxygen atoms in total. The Bertz CT molecular complexity index is 1170. The minimum Gasteiger partial charge on any atom is -0.286 e. The molecule has 0 radical (unpaired) electrons. The number of sulfonamides is 1. The SMILES string of the molecule is CC1(c2cc(Br)ncc2F)CN1S(=O)(=O)c1ccccc1[N+](=O)[O-].CS(=O)(=O)O. The molecule has 1 aromatic carbocycles. The number of hydrogen-bond donors (Lipinski definition) is 1. The highest BCUT2D eigenvalue weighted by atomic mass is 79.9. The molecule has 14 heteroatoms. The Hall–Kier alpha value is -2.00. The summed E-state index contributed by atoms with van der Waals surface area (Å²) in [7, 11) is -7.80. The van der Waals surface area contributed by atoms with Crippen molar-refractivity contribution in [1.82, 2.24) is 9.29 Å². The van der Waals surface area contributed by atoms with Crippen LogP contribution in [0.3, 0.4) is 0 Å². The van der Waals surface area contributed by atoms with Gasteiger partial charge >= 0.3 is 0 Å². The summed E-state index contributed by atoms with van der Waals surface area (Å²) in [5, 5.41) is 11.1. The lowest BCUT2D eigenvalue weighted by Crippen LogP contribution is -2.21. The third-order valence-electron chi connectivity index (χ3n) is 3.93. The molecule has 2 atom stereocenters. The molecule has 2 heterocycles. The van der Waals surface area contributed by atoms with Crippen molar-refractivity contribution in [2.24, 2.45) is 0 Å². The lowest BCUT2D eigenvalue weighted by atomic mass is 10.0. The Morgan fingerprint density at radius 1 is 1.31 bits per heavy atom. The molecule has 158 valence electrons. The van der Waals surface area contributed by atoms with E-state index in [2.05, 4.69) is 20.9 Å². The third-order valence-corrected chi connectivity index (χ3v) is 6.38. The van der Waals surface area contributed by atoms with E-state index in [0.717, 1.165) is 16.6 Å². The summed E-state index contributed by atoms with van der Waals surface area (Å²) in [5.41, 5.74) is -1.47. The van der Waals surface area contributed by atoms with Gasteiger partial charge in [-0.1, -0.05) is 12.1 Å². The molecule has 1 fully saturated rings. The Balaban J connectivity index is 0.000000537. The van der Waals surface area contributed by atoms with Crippen LogP contribution in [-0.2, 0) is 25.7 Å². The van der Waals surface area contributed by atoms with Crippen LogP contribution in [0.25, 0.3) is 0 Å². The number of hydrogen-bond acceptors (Lipinski definition) is 7. The normalized spacial score (nSPS) is 21.1. The average Bonchev–Trinajstić information content (AvgIpc) is 3.29. The van der Waals surface area contributed by atoms with Gasteiger partial charge in [-0.3, -0.25) is 14.7 Å². The first-order valence-electron chi connectivity index (χ1n) is 7.68. The van der Waals surface area contributed by atoms with Gasteiger partial charge in [0.2, 0.25) is 0 Å². The third kappa shape index (κ3) is 5.33. The van der Waals surface area contributed by atoms with E-state index in [-0.39, 0.29) is 12.1 Å². The van der Waals surface area contributed by atoms with E-state index in [1.807, 2.05) is 0 Å². The summed E-state index contributed by atoms with van der Waals surface area (Å²) in [4.78, 5) is 13.7. The summed E-state index contributed by atoms with van der Waals surface area (Å²) in [6.07, 6.45) is 1.71. The van der Waals surface area contributed by atoms with Crippen molar-refractivity contribution in [3.63, 3.8) is 0 Å². The Kier molecular flexibility index (Phi) is 6.44. The van der Waals surface area contributed by atoms with Gasteiger partial charge in [-0.25, -0.2) is 17.8 Å². The number of halogens is 2. The van der Waals surface area contributed by atoms with Crippen LogP contribution in [0.2, 0.25) is 0 Å². The Morgan fingerprint density at radius 2 is 1.86 bits per heavy atom. The largest absolute Gasteiger partial charge is 0.289 e. The lowest BCUT2D eigenvalue weighted by molar-refractivity contribution is -0.387. The molecule has 0 aliphatic carbocycles. The monoisotopic (exact) mass is 511 g/mol. The number of nitro groups is 1. The van der Waals surface area contributed by atoms with Crippen LogP contribution in [0.5, 0.6) is 0 Å². The van der Waals surface area contributed by atoms with E-state index in [1.54, 1.807) is 6.92 Å². The van der Waals surface area contributed by atoms with E-state index in [1.165, 1.54) is 24.3 Å². The van der Waals surface area contributed by atoms with Crippen LogP contribution in [0.1, 0.15) is 12.5 Å². The maximum atomic E-state index is 14.1. The van der Waals surface area contributed by atoms with Gasteiger partial charge < -0.3 is 0 Å². The predicted octanol–water partition coefficient (Wildman–Crippen LogP) is 2.32. The highest BCUT2D eigenvalue weighted by Crippen LogP contribution is 2.48. The average molecular weight is 512 g/mol. The first-order valence-corrected chi connectivity index (χ1v) is 11.8. The minimum absolute atomic E-state index is 0.0226. The number of benzene rings is 1. The number of pyridine rings is 1. The number of nitro benzene ring substituents is 1. The molecule has 29 heavy (non-hydrogen) atoms. The zero-order chi connectivity index (χ0) is 22.2. The summed E-state index contributed by atoms with van der Waals surface area (Å²) < 4.78 is 66.9. The fourth-order valence-corrected chi connectivity index (χ4v) is 4.86. The fraction of sp³-hybridized carbons (Fsp3) is 0.267.